The molecular weight excluding hydrogens is 361 g/mol. The highest BCUT2D eigenvalue weighted by atomic mass is 19.1. The van der Waals surface area contributed by atoms with Crippen LogP contribution < -0.4 is 4.90 Å². The van der Waals surface area contributed by atoms with Crippen LogP contribution in [0.25, 0.3) is 0 Å². The van der Waals surface area contributed by atoms with E-state index in [1.54, 1.807) is 9.80 Å². The molecule has 3 rings (SSSR count). The number of benzene rings is 2. The van der Waals surface area contributed by atoms with Gasteiger partial charge in [0.25, 0.3) is 0 Å². The number of halogens is 1. The molecule has 0 bridgehead atoms. The summed E-state index contributed by atoms with van der Waals surface area (Å²) in [4.78, 5) is 29.8. The molecule has 1 fully saturated rings. The third-order valence-corrected chi connectivity index (χ3v) is 4.92. The van der Waals surface area contributed by atoms with E-state index in [0.29, 0.717) is 18.8 Å². The van der Waals surface area contributed by atoms with E-state index in [1.165, 1.54) is 12.1 Å². The van der Waals surface area contributed by atoms with Gasteiger partial charge in [-0.15, -0.1) is 0 Å². The molecule has 0 unspecified atom stereocenters. The minimum atomic E-state index is -1.19. The van der Waals surface area contributed by atoms with Crippen LogP contribution in [-0.4, -0.2) is 60.1 Å². The summed E-state index contributed by atoms with van der Waals surface area (Å²) < 4.78 is 14.5. The molecule has 2 amide bonds. The number of aromatic carboxylic acids is 1. The number of carboxylic acids is 1. The summed E-state index contributed by atoms with van der Waals surface area (Å²) >= 11 is 0. The van der Waals surface area contributed by atoms with E-state index in [0.717, 1.165) is 25.6 Å². The smallest absolute Gasteiger partial charge is 0.335 e. The van der Waals surface area contributed by atoms with Gasteiger partial charge in [0, 0.05) is 30.9 Å². The Bertz CT molecular complexity index is 844. The van der Waals surface area contributed by atoms with E-state index in [4.69, 9.17) is 5.11 Å². The minimum absolute atomic E-state index is 0.0287. The first-order valence-corrected chi connectivity index (χ1v) is 9.27. The lowest BCUT2D eigenvalue weighted by atomic mass is 10.1. The van der Waals surface area contributed by atoms with Gasteiger partial charge in [-0.2, -0.15) is 0 Å². The molecular formula is C21H24FN3O3. The Morgan fingerprint density at radius 3 is 2.50 bits per heavy atom. The van der Waals surface area contributed by atoms with Crippen molar-refractivity contribution < 1.29 is 19.1 Å². The third kappa shape index (κ3) is 4.67. The van der Waals surface area contributed by atoms with E-state index >= 15 is 0 Å². The molecule has 6 nitrogen and oxygen atoms in total. The lowest BCUT2D eigenvalue weighted by Crippen LogP contribution is -2.44. The van der Waals surface area contributed by atoms with Crippen molar-refractivity contribution in [1.82, 2.24) is 9.80 Å². The number of hydrogen-bond acceptors (Lipinski definition) is 3. The number of nitrogens with zero attached hydrogens (tertiary/aromatic N) is 3. The summed E-state index contributed by atoms with van der Waals surface area (Å²) in [6.07, 6.45) is 0.881. The van der Waals surface area contributed by atoms with Crippen LogP contribution in [0, 0.1) is 5.82 Å². The Balaban J connectivity index is 1.88. The van der Waals surface area contributed by atoms with Gasteiger partial charge in [0.1, 0.15) is 5.82 Å². The van der Waals surface area contributed by atoms with Gasteiger partial charge in [0.2, 0.25) is 0 Å². The zero-order chi connectivity index (χ0) is 20.1. The molecule has 1 saturated heterocycles. The highest BCUT2D eigenvalue weighted by Gasteiger charge is 2.25. The van der Waals surface area contributed by atoms with Gasteiger partial charge in [-0.3, -0.25) is 4.90 Å². The summed E-state index contributed by atoms with van der Waals surface area (Å²) in [6, 6.07) is 12.7. The van der Waals surface area contributed by atoms with Gasteiger partial charge in [0.05, 0.1) is 12.1 Å². The van der Waals surface area contributed by atoms with Gasteiger partial charge in [-0.05, 0) is 44.3 Å². The molecule has 2 aromatic carbocycles. The maximum Gasteiger partial charge on any atom is 0.335 e. The Morgan fingerprint density at radius 1 is 1.07 bits per heavy atom. The number of carbonyl (C=O) groups is 2. The first kappa shape index (κ1) is 19.8. The molecule has 7 heteroatoms. The molecule has 0 aliphatic carbocycles. The first-order chi connectivity index (χ1) is 13.5. The average molecular weight is 385 g/mol. The monoisotopic (exact) mass is 385 g/mol. The molecule has 28 heavy (non-hydrogen) atoms. The third-order valence-electron chi connectivity index (χ3n) is 4.92. The average Bonchev–Trinajstić information content (AvgIpc) is 2.91. The SMILES string of the molecule is CN1CCCN(C(=O)N(Cc2ccc(C(=O)O)cc2F)c2ccccc2)CC1. The molecule has 0 saturated carbocycles. The fourth-order valence-electron chi connectivity index (χ4n) is 3.26. The van der Waals surface area contributed by atoms with Crippen LogP contribution in [0.4, 0.5) is 14.9 Å². The topological polar surface area (TPSA) is 64.1 Å². The van der Waals surface area contributed by atoms with Crippen LogP contribution in [0.5, 0.6) is 0 Å². The Morgan fingerprint density at radius 2 is 1.82 bits per heavy atom. The molecule has 0 atom stereocenters. The van der Waals surface area contributed by atoms with Crippen molar-refractivity contribution in [2.45, 2.75) is 13.0 Å². The van der Waals surface area contributed by atoms with Crippen molar-refractivity contribution in [2.75, 3.05) is 38.1 Å². The van der Waals surface area contributed by atoms with Crippen molar-refractivity contribution in [3.63, 3.8) is 0 Å². The van der Waals surface area contributed by atoms with E-state index in [2.05, 4.69) is 4.90 Å². The van der Waals surface area contributed by atoms with Gasteiger partial charge in [-0.25, -0.2) is 14.0 Å². The number of anilines is 1. The van der Waals surface area contributed by atoms with Gasteiger partial charge in [0.15, 0.2) is 0 Å². The van der Waals surface area contributed by atoms with Gasteiger partial charge < -0.3 is 14.9 Å². The van der Waals surface area contributed by atoms with Crippen molar-refractivity contribution in [2.24, 2.45) is 0 Å². The number of carbonyl (C=O) groups excluding carboxylic acids is 1. The normalized spacial score (nSPS) is 15.1. The molecule has 2 aromatic rings. The van der Waals surface area contributed by atoms with Crippen LogP contribution in [0.1, 0.15) is 22.3 Å². The van der Waals surface area contributed by atoms with Crippen LogP contribution in [0.15, 0.2) is 48.5 Å². The largest absolute Gasteiger partial charge is 0.478 e. The predicted octanol–water partition coefficient (Wildman–Crippen LogP) is 3.29. The summed E-state index contributed by atoms with van der Waals surface area (Å²) in [7, 11) is 2.03. The van der Waals surface area contributed by atoms with E-state index in [9.17, 15) is 14.0 Å². The second kappa shape index (κ2) is 8.84. The van der Waals surface area contributed by atoms with Crippen molar-refractivity contribution in [3.8, 4) is 0 Å². The first-order valence-electron chi connectivity index (χ1n) is 9.27. The summed E-state index contributed by atoms with van der Waals surface area (Å²) in [6.45, 7) is 3.00. The number of amides is 2. The highest BCUT2D eigenvalue weighted by Crippen LogP contribution is 2.21. The minimum Gasteiger partial charge on any atom is -0.478 e. The number of para-hydroxylation sites is 1. The Hall–Kier alpha value is -2.93. The molecule has 1 heterocycles. The van der Waals surface area contributed by atoms with E-state index in [1.807, 2.05) is 37.4 Å². The number of carboxylic acid groups (broad SMARTS) is 1. The van der Waals surface area contributed by atoms with Crippen LogP contribution in [-0.2, 0) is 6.54 Å². The zero-order valence-corrected chi connectivity index (χ0v) is 15.8. The molecule has 1 aliphatic heterocycles. The maximum atomic E-state index is 14.5. The van der Waals surface area contributed by atoms with Crippen LogP contribution >= 0.6 is 0 Å². The fourth-order valence-corrected chi connectivity index (χ4v) is 3.26. The Labute approximate surface area is 163 Å². The summed E-state index contributed by atoms with van der Waals surface area (Å²) in [5.74, 6) is -1.82. The lowest BCUT2D eigenvalue weighted by Gasteiger charge is -2.30. The number of urea groups is 1. The second-order valence-corrected chi connectivity index (χ2v) is 6.96. The molecule has 0 spiro atoms. The molecule has 0 radical (unpaired) electrons. The highest BCUT2D eigenvalue weighted by molar-refractivity contribution is 5.92. The Kier molecular flexibility index (Phi) is 6.26. The molecule has 1 aliphatic rings. The van der Waals surface area contributed by atoms with Crippen molar-refractivity contribution >= 4 is 17.7 Å². The van der Waals surface area contributed by atoms with Crippen LogP contribution in [0.3, 0.4) is 0 Å². The number of likely N-dealkylation sites (N-methyl/N-ethyl adjacent to an activating group) is 1. The van der Waals surface area contributed by atoms with Crippen molar-refractivity contribution in [1.29, 1.82) is 0 Å². The van der Waals surface area contributed by atoms with Gasteiger partial charge >= 0.3 is 12.0 Å². The zero-order valence-electron chi connectivity index (χ0n) is 15.8. The fraction of sp³-hybridized carbons (Fsp3) is 0.333. The maximum absolute atomic E-state index is 14.5. The number of hydrogen-bond donors (Lipinski definition) is 1. The molecule has 0 aromatic heterocycles. The quantitative estimate of drug-likeness (QED) is 0.877. The lowest BCUT2D eigenvalue weighted by molar-refractivity contribution is 0.0696. The van der Waals surface area contributed by atoms with E-state index in [-0.39, 0.29) is 23.7 Å². The molecule has 1 N–H and O–H groups in total. The van der Waals surface area contributed by atoms with Gasteiger partial charge in [-0.1, -0.05) is 24.3 Å². The number of rotatable bonds is 4. The summed E-state index contributed by atoms with van der Waals surface area (Å²) in [5, 5.41) is 9.02. The summed E-state index contributed by atoms with van der Waals surface area (Å²) in [5.41, 5.74) is 0.829. The second-order valence-electron chi connectivity index (χ2n) is 6.96. The van der Waals surface area contributed by atoms with E-state index < -0.39 is 11.8 Å². The molecule has 148 valence electrons. The standard InChI is InChI=1S/C21H24FN3O3/c1-23-10-5-11-24(13-12-23)21(28)25(18-6-3-2-4-7-18)15-17-9-8-16(20(26)27)14-19(17)22/h2-4,6-9,14H,5,10-13,15H2,1H3,(H,26,27). The predicted molar refractivity (Wildman–Crippen MR) is 105 cm³/mol. The van der Waals surface area contributed by atoms with Crippen molar-refractivity contribution in [3.05, 3.63) is 65.5 Å². The van der Waals surface area contributed by atoms with Crippen LogP contribution in [0.2, 0.25) is 0 Å².